The number of rotatable bonds is 4. The van der Waals surface area contributed by atoms with Gasteiger partial charge in [0.25, 0.3) is 17.4 Å². The summed E-state index contributed by atoms with van der Waals surface area (Å²) in [6.07, 6.45) is 3.36. The van der Waals surface area contributed by atoms with Crippen molar-refractivity contribution >= 4 is 23.5 Å². The maximum absolute atomic E-state index is 12.7. The number of methoxy groups -OCH3 is 1. The van der Waals surface area contributed by atoms with E-state index in [2.05, 4.69) is 5.32 Å². The number of anilines is 1. The van der Waals surface area contributed by atoms with Gasteiger partial charge in [0, 0.05) is 26.3 Å². The highest BCUT2D eigenvalue weighted by Gasteiger charge is 2.22. The molecule has 2 aromatic rings. The van der Waals surface area contributed by atoms with E-state index in [1.54, 1.807) is 17.0 Å². The van der Waals surface area contributed by atoms with Crippen LogP contribution in [0.5, 0.6) is 0 Å². The number of likely N-dealkylation sites (tertiary alicyclic amines) is 1. The van der Waals surface area contributed by atoms with Crippen molar-refractivity contribution in [1.82, 2.24) is 9.47 Å². The zero-order valence-corrected chi connectivity index (χ0v) is 15.7. The van der Waals surface area contributed by atoms with Crippen LogP contribution in [0.3, 0.4) is 0 Å². The number of carbonyl (C=O) groups is 3. The molecule has 1 aliphatic heterocycles. The molecule has 0 atom stereocenters. The van der Waals surface area contributed by atoms with Crippen LogP contribution >= 0.6 is 0 Å². The minimum atomic E-state index is -0.656. The largest absolute Gasteiger partial charge is 0.465 e. The topological polar surface area (TPSA) is 97.7 Å². The fourth-order valence-electron chi connectivity index (χ4n) is 3.18. The smallest absolute Gasteiger partial charge is 0.338 e. The lowest BCUT2D eigenvalue weighted by Gasteiger charge is -2.16. The fraction of sp³-hybridized carbons (Fsp3) is 0.300. The average molecular weight is 383 g/mol. The number of aryl methyl sites for hydroxylation is 1. The fourth-order valence-corrected chi connectivity index (χ4v) is 3.18. The van der Waals surface area contributed by atoms with Gasteiger partial charge in [-0.3, -0.25) is 14.4 Å². The number of hydrogen-bond acceptors (Lipinski definition) is 5. The Hall–Kier alpha value is -3.42. The van der Waals surface area contributed by atoms with Crippen LogP contribution in [0.25, 0.3) is 0 Å². The highest BCUT2D eigenvalue weighted by molar-refractivity contribution is 6.11. The molecule has 0 saturated carbocycles. The van der Waals surface area contributed by atoms with E-state index < -0.39 is 17.4 Å². The summed E-state index contributed by atoms with van der Waals surface area (Å²) in [4.78, 5) is 51.4. The predicted octanol–water partition coefficient (Wildman–Crippen LogP) is 1.66. The molecule has 1 aliphatic rings. The van der Waals surface area contributed by atoms with Gasteiger partial charge in [-0.05, 0) is 31.0 Å². The molecule has 0 unspecified atom stereocenters. The summed E-state index contributed by atoms with van der Waals surface area (Å²) in [5.74, 6) is -1.47. The number of benzene rings is 1. The van der Waals surface area contributed by atoms with Crippen LogP contribution in [0.4, 0.5) is 5.69 Å². The van der Waals surface area contributed by atoms with Gasteiger partial charge in [0.1, 0.15) is 5.69 Å². The number of ether oxygens (including phenoxy) is 1. The van der Waals surface area contributed by atoms with Crippen molar-refractivity contribution in [2.45, 2.75) is 12.8 Å². The molecule has 146 valence electrons. The first-order chi connectivity index (χ1) is 13.4. The molecule has 0 radical (unpaired) electrons. The summed E-state index contributed by atoms with van der Waals surface area (Å²) in [6.45, 7) is 1.35. The van der Waals surface area contributed by atoms with E-state index in [0.29, 0.717) is 18.7 Å². The Morgan fingerprint density at radius 2 is 1.71 bits per heavy atom. The molecular formula is C20H21N3O5. The molecule has 0 spiro atoms. The molecule has 1 N–H and O–H groups in total. The van der Waals surface area contributed by atoms with Crippen LogP contribution in [0, 0.1) is 0 Å². The minimum absolute atomic E-state index is 0.0304. The summed E-state index contributed by atoms with van der Waals surface area (Å²) >= 11 is 0. The van der Waals surface area contributed by atoms with Crippen LogP contribution < -0.4 is 10.9 Å². The lowest BCUT2D eigenvalue weighted by Crippen LogP contribution is -2.31. The van der Waals surface area contributed by atoms with Crippen LogP contribution in [0.2, 0.25) is 0 Å². The molecular weight excluding hydrogens is 362 g/mol. The molecule has 1 saturated heterocycles. The first kappa shape index (κ1) is 19.3. The van der Waals surface area contributed by atoms with Gasteiger partial charge < -0.3 is 19.5 Å². The number of nitrogens with one attached hydrogen (secondary N) is 1. The van der Waals surface area contributed by atoms with Crippen molar-refractivity contribution in [3.63, 3.8) is 0 Å². The quantitative estimate of drug-likeness (QED) is 0.810. The Morgan fingerprint density at radius 1 is 1.07 bits per heavy atom. The maximum atomic E-state index is 12.7. The molecule has 0 aliphatic carbocycles. The van der Waals surface area contributed by atoms with Crippen LogP contribution in [0.1, 0.15) is 43.9 Å². The van der Waals surface area contributed by atoms with E-state index in [-0.39, 0.29) is 22.7 Å². The van der Waals surface area contributed by atoms with Gasteiger partial charge in [0.05, 0.1) is 23.8 Å². The Balaban J connectivity index is 1.92. The Kier molecular flexibility index (Phi) is 5.58. The van der Waals surface area contributed by atoms with Crippen molar-refractivity contribution < 1.29 is 19.1 Å². The number of amides is 2. The number of aromatic nitrogens is 1. The van der Waals surface area contributed by atoms with E-state index in [9.17, 15) is 19.2 Å². The third-order valence-electron chi connectivity index (χ3n) is 4.65. The average Bonchev–Trinajstić information content (AvgIpc) is 3.24. The Morgan fingerprint density at radius 3 is 2.36 bits per heavy atom. The normalized spacial score (nSPS) is 13.3. The van der Waals surface area contributed by atoms with Gasteiger partial charge in [-0.2, -0.15) is 0 Å². The van der Waals surface area contributed by atoms with Crippen molar-refractivity contribution in [2.75, 3.05) is 25.5 Å². The van der Waals surface area contributed by atoms with E-state index in [0.717, 1.165) is 12.8 Å². The van der Waals surface area contributed by atoms with Gasteiger partial charge in [-0.25, -0.2) is 4.79 Å². The van der Waals surface area contributed by atoms with Crippen molar-refractivity contribution in [3.8, 4) is 0 Å². The molecule has 3 rings (SSSR count). The number of hydrogen-bond donors (Lipinski definition) is 1. The van der Waals surface area contributed by atoms with Crippen molar-refractivity contribution in [3.05, 3.63) is 63.6 Å². The van der Waals surface area contributed by atoms with Crippen molar-refractivity contribution in [1.29, 1.82) is 0 Å². The molecule has 28 heavy (non-hydrogen) atoms. The summed E-state index contributed by atoms with van der Waals surface area (Å²) in [5.41, 5.74) is -0.00376. The zero-order chi connectivity index (χ0) is 20.3. The summed E-state index contributed by atoms with van der Waals surface area (Å²) in [6, 6.07) is 7.52. The van der Waals surface area contributed by atoms with Crippen LogP contribution in [-0.2, 0) is 11.8 Å². The lowest BCUT2D eigenvalue weighted by atomic mass is 10.1. The van der Waals surface area contributed by atoms with Gasteiger partial charge in [0.2, 0.25) is 0 Å². The minimum Gasteiger partial charge on any atom is -0.465 e. The number of esters is 1. The molecule has 2 amide bonds. The second-order valence-electron chi connectivity index (χ2n) is 6.55. The molecule has 8 nitrogen and oxygen atoms in total. The van der Waals surface area contributed by atoms with Gasteiger partial charge in [-0.15, -0.1) is 0 Å². The first-order valence-electron chi connectivity index (χ1n) is 8.91. The molecule has 1 aromatic heterocycles. The summed E-state index contributed by atoms with van der Waals surface area (Å²) < 4.78 is 5.95. The third kappa shape index (κ3) is 3.80. The Labute approximate surface area is 161 Å². The standard InChI is InChI=1S/C20H21N3O5/c1-22-12-13(18(25)23-9-5-6-10-23)11-16(19(22)26)21-17(24)14-7-3-4-8-15(14)20(27)28-2/h3-4,7-8,11-12H,5-6,9-10H2,1-2H3,(H,21,24). The maximum Gasteiger partial charge on any atom is 0.338 e. The SMILES string of the molecule is COC(=O)c1ccccc1C(=O)Nc1cc(C(=O)N2CCCC2)cn(C)c1=O. The number of nitrogens with zero attached hydrogens (tertiary/aromatic N) is 2. The molecule has 8 heteroatoms. The second-order valence-corrected chi connectivity index (χ2v) is 6.55. The molecule has 1 fully saturated rings. The highest BCUT2D eigenvalue weighted by Crippen LogP contribution is 2.16. The second kappa shape index (κ2) is 8.08. The Bertz CT molecular complexity index is 990. The van der Waals surface area contributed by atoms with Gasteiger partial charge >= 0.3 is 5.97 Å². The molecule has 0 bridgehead atoms. The highest BCUT2D eigenvalue weighted by atomic mass is 16.5. The van der Waals surface area contributed by atoms with E-state index in [1.165, 1.54) is 43.1 Å². The van der Waals surface area contributed by atoms with E-state index in [1.807, 2.05) is 0 Å². The first-order valence-corrected chi connectivity index (χ1v) is 8.91. The monoisotopic (exact) mass is 383 g/mol. The van der Waals surface area contributed by atoms with Gasteiger partial charge in [0.15, 0.2) is 0 Å². The van der Waals surface area contributed by atoms with E-state index in [4.69, 9.17) is 4.74 Å². The van der Waals surface area contributed by atoms with Crippen LogP contribution in [-0.4, -0.2) is 47.4 Å². The van der Waals surface area contributed by atoms with E-state index >= 15 is 0 Å². The van der Waals surface area contributed by atoms with Gasteiger partial charge in [-0.1, -0.05) is 12.1 Å². The summed E-state index contributed by atoms with van der Waals surface area (Å²) in [5, 5.41) is 2.52. The summed E-state index contributed by atoms with van der Waals surface area (Å²) in [7, 11) is 2.74. The third-order valence-corrected chi connectivity index (χ3v) is 4.65. The van der Waals surface area contributed by atoms with Crippen molar-refractivity contribution in [2.24, 2.45) is 7.05 Å². The molecule has 1 aromatic carbocycles. The number of pyridine rings is 1. The lowest BCUT2D eigenvalue weighted by molar-refractivity contribution is 0.0597. The predicted molar refractivity (Wildman–Crippen MR) is 103 cm³/mol. The van der Waals surface area contributed by atoms with Crippen LogP contribution in [0.15, 0.2) is 41.3 Å². The molecule has 2 heterocycles. The number of carbonyl (C=O) groups excluding carboxylic acids is 3. The zero-order valence-electron chi connectivity index (χ0n) is 15.7.